The van der Waals surface area contributed by atoms with Gasteiger partial charge in [-0.15, -0.1) is 0 Å². The summed E-state index contributed by atoms with van der Waals surface area (Å²) in [6.07, 6.45) is 12.3. The monoisotopic (exact) mass is 420 g/mol. The van der Waals surface area contributed by atoms with Gasteiger partial charge >= 0.3 is 0 Å². The van der Waals surface area contributed by atoms with Crippen molar-refractivity contribution in [3.63, 3.8) is 0 Å². The standard InChI is InChI=1S/C26H42F2N2/c1-21(2)11-6-7-16-25(3,4)24(29)15-10-18-30-17-9-14-22-12-8-13-23(19-22)20-26(5,27)28/h8,10,12-13,15,18-19,21,30H,6-7,9,11,14,16-17,20,29H2,1-5H3/b18-10+,24-15-. The van der Waals surface area contributed by atoms with E-state index in [1.165, 1.54) is 19.3 Å². The van der Waals surface area contributed by atoms with E-state index in [4.69, 9.17) is 5.73 Å². The highest BCUT2D eigenvalue weighted by molar-refractivity contribution is 5.24. The molecule has 1 aromatic rings. The number of alkyl halides is 2. The lowest BCUT2D eigenvalue weighted by Crippen LogP contribution is -2.21. The van der Waals surface area contributed by atoms with Crippen LogP contribution in [0.15, 0.2) is 48.3 Å². The molecule has 0 saturated heterocycles. The molecule has 2 nitrogen and oxygen atoms in total. The van der Waals surface area contributed by atoms with Crippen LogP contribution in [0.5, 0.6) is 0 Å². The SMILES string of the molecule is CC(C)CCCCC(C)(C)/C(N)=C/C=C/NCCCc1cccc(CC(C)(F)F)c1. The molecule has 0 aliphatic rings. The summed E-state index contributed by atoms with van der Waals surface area (Å²) >= 11 is 0. The number of nitrogens with two attached hydrogens (primary N) is 1. The van der Waals surface area contributed by atoms with Crippen LogP contribution < -0.4 is 11.1 Å². The maximum Gasteiger partial charge on any atom is 0.249 e. The summed E-state index contributed by atoms with van der Waals surface area (Å²) in [4.78, 5) is 0. The normalized spacial score (nSPS) is 13.4. The second-order valence-corrected chi connectivity index (χ2v) is 9.63. The van der Waals surface area contributed by atoms with E-state index in [-0.39, 0.29) is 11.8 Å². The molecular formula is C26H42F2N2. The molecule has 0 unspecified atom stereocenters. The number of halogens is 2. The van der Waals surface area contributed by atoms with Crippen LogP contribution in [0.3, 0.4) is 0 Å². The van der Waals surface area contributed by atoms with Crippen molar-refractivity contribution in [3.8, 4) is 0 Å². The van der Waals surface area contributed by atoms with Crippen LogP contribution in [-0.2, 0) is 12.8 Å². The van der Waals surface area contributed by atoms with Crippen LogP contribution in [-0.4, -0.2) is 12.5 Å². The van der Waals surface area contributed by atoms with Crippen LogP contribution in [0.1, 0.15) is 77.8 Å². The van der Waals surface area contributed by atoms with Crippen molar-refractivity contribution in [2.75, 3.05) is 6.54 Å². The number of hydrogen-bond donors (Lipinski definition) is 2. The number of hydrogen-bond acceptors (Lipinski definition) is 2. The van der Waals surface area contributed by atoms with Gasteiger partial charge in [-0.05, 0) is 61.6 Å². The molecule has 0 saturated carbocycles. The minimum Gasteiger partial charge on any atom is -0.402 e. The van der Waals surface area contributed by atoms with Crippen LogP contribution in [0, 0.1) is 11.3 Å². The second-order valence-electron chi connectivity index (χ2n) is 9.63. The van der Waals surface area contributed by atoms with Gasteiger partial charge in [-0.3, -0.25) is 0 Å². The summed E-state index contributed by atoms with van der Waals surface area (Å²) in [5.41, 5.74) is 9.02. The van der Waals surface area contributed by atoms with Crippen molar-refractivity contribution >= 4 is 0 Å². The maximum atomic E-state index is 13.2. The van der Waals surface area contributed by atoms with Crippen molar-refractivity contribution in [1.29, 1.82) is 0 Å². The minimum atomic E-state index is -2.66. The van der Waals surface area contributed by atoms with Gasteiger partial charge in [-0.1, -0.05) is 71.2 Å². The Balaban J connectivity index is 2.32. The summed E-state index contributed by atoms with van der Waals surface area (Å²) in [5.74, 6) is -1.90. The third-order valence-corrected chi connectivity index (χ3v) is 5.40. The molecule has 0 aliphatic carbocycles. The van der Waals surface area contributed by atoms with Crippen molar-refractivity contribution in [2.24, 2.45) is 17.1 Å². The molecule has 30 heavy (non-hydrogen) atoms. The number of benzene rings is 1. The Morgan fingerprint density at radius 3 is 2.47 bits per heavy atom. The van der Waals surface area contributed by atoms with Crippen LogP contribution in [0.2, 0.25) is 0 Å². The second kappa shape index (κ2) is 12.8. The summed E-state index contributed by atoms with van der Waals surface area (Å²) in [6, 6.07) is 7.52. The van der Waals surface area contributed by atoms with Gasteiger partial charge in [-0.2, -0.15) is 0 Å². The molecule has 4 heteroatoms. The van der Waals surface area contributed by atoms with E-state index >= 15 is 0 Å². The Kier molecular flexibility index (Phi) is 11.1. The maximum absolute atomic E-state index is 13.2. The fraction of sp³-hybridized carbons (Fsp3) is 0.615. The average Bonchev–Trinajstić information content (AvgIpc) is 2.63. The third kappa shape index (κ3) is 12.0. The van der Waals surface area contributed by atoms with Gasteiger partial charge in [-0.25, -0.2) is 8.78 Å². The van der Waals surface area contributed by atoms with E-state index < -0.39 is 5.92 Å². The first-order valence-electron chi connectivity index (χ1n) is 11.3. The Hall–Kier alpha value is -1.84. The van der Waals surface area contributed by atoms with Crippen molar-refractivity contribution in [3.05, 3.63) is 59.4 Å². The van der Waals surface area contributed by atoms with Crippen molar-refractivity contribution < 1.29 is 8.78 Å². The predicted molar refractivity (Wildman–Crippen MR) is 126 cm³/mol. The van der Waals surface area contributed by atoms with Crippen LogP contribution in [0.4, 0.5) is 8.78 Å². The zero-order valence-electron chi connectivity index (χ0n) is 19.6. The fourth-order valence-corrected chi connectivity index (χ4v) is 3.44. The summed E-state index contributed by atoms with van der Waals surface area (Å²) in [7, 11) is 0. The lowest BCUT2D eigenvalue weighted by atomic mass is 9.83. The van der Waals surface area contributed by atoms with E-state index in [1.807, 2.05) is 36.6 Å². The van der Waals surface area contributed by atoms with Gasteiger partial charge < -0.3 is 11.1 Å². The molecule has 0 fully saturated rings. The van der Waals surface area contributed by atoms with E-state index in [1.54, 1.807) is 6.07 Å². The highest BCUT2D eigenvalue weighted by Gasteiger charge is 2.21. The number of allylic oxidation sites excluding steroid dienone is 3. The van der Waals surface area contributed by atoms with Gasteiger partial charge in [0, 0.05) is 24.1 Å². The topological polar surface area (TPSA) is 38.0 Å². The van der Waals surface area contributed by atoms with E-state index in [0.29, 0.717) is 5.56 Å². The lowest BCUT2D eigenvalue weighted by Gasteiger charge is -2.25. The van der Waals surface area contributed by atoms with E-state index in [9.17, 15) is 8.78 Å². The van der Waals surface area contributed by atoms with Gasteiger partial charge in [0.25, 0.3) is 0 Å². The highest BCUT2D eigenvalue weighted by atomic mass is 19.3. The molecule has 0 bridgehead atoms. The quantitative estimate of drug-likeness (QED) is 0.251. The van der Waals surface area contributed by atoms with Gasteiger partial charge in [0.1, 0.15) is 0 Å². The Bertz CT molecular complexity index is 670. The smallest absolute Gasteiger partial charge is 0.249 e. The molecule has 0 aromatic heterocycles. The van der Waals surface area contributed by atoms with Gasteiger partial charge in [0.05, 0.1) is 0 Å². The van der Waals surface area contributed by atoms with Crippen LogP contribution in [0.25, 0.3) is 0 Å². The van der Waals surface area contributed by atoms with Gasteiger partial charge in [0.2, 0.25) is 5.92 Å². The number of nitrogens with one attached hydrogen (secondary N) is 1. The first-order chi connectivity index (χ1) is 14.0. The first-order valence-corrected chi connectivity index (χ1v) is 11.3. The molecule has 0 spiro atoms. The summed E-state index contributed by atoms with van der Waals surface area (Å²) in [6.45, 7) is 10.7. The Labute approximate surface area is 183 Å². The zero-order valence-corrected chi connectivity index (χ0v) is 19.6. The van der Waals surface area contributed by atoms with Gasteiger partial charge in [0.15, 0.2) is 0 Å². The summed E-state index contributed by atoms with van der Waals surface area (Å²) in [5, 5.41) is 3.28. The number of unbranched alkanes of at least 4 members (excludes halogenated alkanes) is 1. The Morgan fingerprint density at radius 2 is 1.80 bits per heavy atom. The molecule has 0 heterocycles. The molecule has 3 N–H and O–H groups in total. The molecule has 170 valence electrons. The largest absolute Gasteiger partial charge is 0.402 e. The van der Waals surface area contributed by atoms with Crippen molar-refractivity contribution in [2.45, 2.75) is 85.5 Å². The average molecular weight is 421 g/mol. The number of aryl methyl sites for hydroxylation is 1. The molecular weight excluding hydrogens is 378 g/mol. The molecule has 0 amide bonds. The molecule has 1 aromatic carbocycles. The van der Waals surface area contributed by atoms with Crippen molar-refractivity contribution in [1.82, 2.24) is 5.32 Å². The lowest BCUT2D eigenvalue weighted by molar-refractivity contribution is 0.0226. The zero-order chi connectivity index (χ0) is 22.6. The Morgan fingerprint density at radius 1 is 1.10 bits per heavy atom. The molecule has 0 atom stereocenters. The summed E-state index contributed by atoms with van der Waals surface area (Å²) < 4.78 is 26.3. The van der Waals surface area contributed by atoms with Crippen LogP contribution >= 0.6 is 0 Å². The minimum absolute atomic E-state index is 0.0155. The molecule has 0 radical (unpaired) electrons. The fourth-order valence-electron chi connectivity index (χ4n) is 3.44. The first kappa shape index (κ1) is 26.2. The number of rotatable bonds is 14. The third-order valence-electron chi connectivity index (χ3n) is 5.40. The van der Waals surface area contributed by atoms with E-state index in [2.05, 4.69) is 33.0 Å². The molecule has 1 rings (SSSR count). The predicted octanol–water partition coefficient (Wildman–Crippen LogP) is 7.01. The van der Waals surface area contributed by atoms with E-state index in [0.717, 1.165) is 49.9 Å². The highest BCUT2D eigenvalue weighted by Crippen LogP contribution is 2.29. The molecule has 0 aliphatic heterocycles.